The van der Waals surface area contributed by atoms with Gasteiger partial charge in [0.25, 0.3) is 0 Å². The van der Waals surface area contributed by atoms with E-state index >= 15 is 0 Å². The highest BCUT2D eigenvalue weighted by molar-refractivity contribution is 5.82. The van der Waals surface area contributed by atoms with Crippen LogP contribution in [-0.2, 0) is 4.79 Å². The Labute approximate surface area is 104 Å². The molecule has 0 aliphatic rings. The number of hydrogen-bond donors (Lipinski definition) is 3. The van der Waals surface area contributed by atoms with Crippen LogP contribution in [0.15, 0.2) is 6.07 Å². The molecule has 7 heteroatoms. The normalized spacial score (nSPS) is 11.2. The Kier molecular flexibility index (Phi) is 4.05. The van der Waals surface area contributed by atoms with E-state index in [1.807, 2.05) is 0 Å². The number of nitrogens with zero attached hydrogens (tertiary/aromatic N) is 1. The molecular weight excluding hydrogens is 242 g/mol. The summed E-state index contributed by atoms with van der Waals surface area (Å²) in [5.74, 6) is -2.54. The smallest absolute Gasteiger partial charge is 0.227 e. The van der Waals surface area contributed by atoms with E-state index in [0.29, 0.717) is 6.07 Å². The van der Waals surface area contributed by atoms with E-state index < -0.39 is 22.9 Å². The van der Waals surface area contributed by atoms with Crippen molar-refractivity contribution in [3.05, 3.63) is 17.7 Å². The zero-order valence-corrected chi connectivity index (χ0v) is 10.5. The first kappa shape index (κ1) is 14.1. The molecule has 5 nitrogen and oxygen atoms in total. The molecule has 1 aromatic heterocycles. The molecule has 1 rings (SSSR count). The average Bonchev–Trinajstić information content (AvgIpc) is 2.31. The summed E-state index contributed by atoms with van der Waals surface area (Å²) < 4.78 is 26.3. The van der Waals surface area contributed by atoms with Gasteiger partial charge in [-0.3, -0.25) is 4.79 Å². The molecule has 0 bridgehead atoms. The van der Waals surface area contributed by atoms with Gasteiger partial charge >= 0.3 is 0 Å². The Morgan fingerprint density at radius 1 is 1.44 bits per heavy atom. The zero-order valence-electron chi connectivity index (χ0n) is 10.5. The van der Waals surface area contributed by atoms with Crippen LogP contribution in [0.5, 0.6) is 0 Å². The van der Waals surface area contributed by atoms with Crippen molar-refractivity contribution in [1.29, 1.82) is 0 Å². The van der Waals surface area contributed by atoms with E-state index in [1.165, 1.54) is 7.05 Å². The highest BCUT2D eigenvalue weighted by Gasteiger charge is 2.27. The van der Waals surface area contributed by atoms with E-state index in [1.54, 1.807) is 13.8 Å². The van der Waals surface area contributed by atoms with E-state index in [-0.39, 0.29) is 18.3 Å². The van der Waals surface area contributed by atoms with Gasteiger partial charge < -0.3 is 16.4 Å². The summed E-state index contributed by atoms with van der Waals surface area (Å²) in [6.45, 7) is 3.51. The molecule has 0 aliphatic carbocycles. The van der Waals surface area contributed by atoms with Crippen LogP contribution < -0.4 is 16.4 Å². The van der Waals surface area contributed by atoms with Gasteiger partial charge in [-0.15, -0.1) is 0 Å². The summed E-state index contributed by atoms with van der Waals surface area (Å²) in [6.07, 6.45) is 0. The van der Waals surface area contributed by atoms with Crippen LogP contribution in [0.25, 0.3) is 0 Å². The third-order valence-electron chi connectivity index (χ3n) is 2.50. The molecule has 1 amide bonds. The minimum atomic E-state index is -0.913. The van der Waals surface area contributed by atoms with Gasteiger partial charge in [0, 0.05) is 19.7 Å². The van der Waals surface area contributed by atoms with Crippen LogP contribution in [0.4, 0.5) is 20.4 Å². The lowest BCUT2D eigenvalue weighted by molar-refractivity contribution is -0.128. The topological polar surface area (TPSA) is 80.0 Å². The van der Waals surface area contributed by atoms with Crippen molar-refractivity contribution in [3.63, 3.8) is 0 Å². The van der Waals surface area contributed by atoms with Crippen LogP contribution in [0, 0.1) is 17.0 Å². The van der Waals surface area contributed by atoms with Gasteiger partial charge in [0.15, 0.2) is 23.3 Å². The molecule has 0 spiro atoms. The predicted octanol–water partition coefficient (Wildman–Crippen LogP) is 1.13. The molecule has 1 aromatic rings. The lowest BCUT2D eigenvalue weighted by Crippen LogP contribution is -2.39. The monoisotopic (exact) mass is 258 g/mol. The maximum atomic E-state index is 13.4. The fraction of sp³-hybridized carbons (Fsp3) is 0.455. The highest BCUT2D eigenvalue weighted by atomic mass is 19.1. The van der Waals surface area contributed by atoms with E-state index in [4.69, 9.17) is 5.73 Å². The van der Waals surface area contributed by atoms with Crippen molar-refractivity contribution in [1.82, 2.24) is 10.3 Å². The van der Waals surface area contributed by atoms with Gasteiger partial charge in [0.05, 0.1) is 5.41 Å². The number of rotatable bonds is 4. The molecule has 0 aromatic carbocycles. The number of nitrogens with two attached hydrogens (primary N) is 1. The van der Waals surface area contributed by atoms with Gasteiger partial charge in [-0.25, -0.2) is 13.8 Å². The van der Waals surface area contributed by atoms with Crippen LogP contribution >= 0.6 is 0 Å². The number of aromatic nitrogens is 1. The van der Waals surface area contributed by atoms with Crippen molar-refractivity contribution in [2.24, 2.45) is 5.41 Å². The molecule has 1 heterocycles. The van der Waals surface area contributed by atoms with Crippen LogP contribution in [-0.4, -0.2) is 24.5 Å². The number of nitrogen functional groups attached to an aromatic ring is 1. The molecule has 0 saturated carbocycles. The molecule has 0 radical (unpaired) electrons. The van der Waals surface area contributed by atoms with Gasteiger partial charge in [-0.1, -0.05) is 0 Å². The first-order valence-corrected chi connectivity index (χ1v) is 5.35. The number of pyridine rings is 1. The third kappa shape index (κ3) is 3.06. The summed E-state index contributed by atoms with van der Waals surface area (Å²) in [6, 6.07) is 0.650. The number of halogens is 2. The number of hydrogen-bond acceptors (Lipinski definition) is 4. The standard InChI is InChI=1S/C11H16F2N4O/c1-11(2,10(18)15-3)5-16-9-7(13)4-6(12)8(14)17-9/h4H,5H2,1-3H3,(H,15,18)(H3,14,16,17). The van der Waals surface area contributed by atoms with E-state index in [9.17, 15) is 13.6 Å². The first-order valence-electron chi connectivity index (χ1n) is 5.35. The van der Waals surface area contributed by atoms with Crippen LogP contribution in [0.1, 0.15) is 13.8 Å². The highest BCUT2D eigenvalue weighted by Crippen LogP contribution is 2.20. The van der Waals surface area contributed by atoms with Crippen LogP contribution in [0.3, 0.4) is 0 Å². The van der Waals surface area contributed by atoms with Crippen molar-refractivity contribution in [3.8, 4) is 0 Å². The minimum absolute atomic E-state index is 0.141. The van der Waals surface area contributed by atoms with Gasteiger partial charge in [0.2, 0.25) is 5.91 Å². The second-order valence-corrected chi connectivity index (χ2v) is 4.50. The third-order valence-corrected chi connectivity index (χ3v) is 2.50. The van der Waals surface area contributed by atoms with Crippen molar-refractivity contribution in [2.75, 3.05) is 24.6 Å². The maximum Gasteiger partial charge on any atom is 0.227 e. The first-order chi connectivity index (χ1) is 8.27. The number of anilines is 2. The average molecular weight is 258 g/mol. The largest absolute Gasteiger partial charge is 0.381 e. The van der Waals surface area contributed by atoms with Gasteiger partial charge in [-0.2, -0.15) is 0 Å². The molecule has 4 N–H and O–H groups in total. The lowest BCUT2D eigenvalue weighted by Gasteiger charge is -2.23. The van der Waals surface area contributed by atoms with E-state index in [2.05, 4.69) is 15.6 Å². The Morgan fingerprint density at radius 3 is 2.61 bits per heavy atom. The fourth-order valence-corrected chi connectivity index (χ4v) is 1.33. The summed E-state index contributed by atoms with van der Waals surface area (Å²) >= 11 is 0. The second kappa shape index (κ2) is 5.16. The summed E-state index contributed by atoms with van der Waals surface area (Å²) in [4.78, 5) is 15.1. The molecule has 0 saturated heterocycles. The second-order valence-electron chi connectivity index (χ2n) is 4.50. The lowest BCUT2D eigenvalue weighted by atomic mass is 9.92. The zero-order chi connectivity index (χ0) is 13.9. The van der Waals surface area contributed by atoms with Gasteiger partial charge in [0.1, 0.15) is 0 Å². The molecule has 18 heavy (non-hydrogen) atoms. The number of nitrogens with one attached hydrogen (secondary N) is 2. The molecular formula is C11H16F2N4O. The molecule has 0 unspecified atom stereocenters. The number of amides is 1. The minimum Gasteiger partial charge on any atom is -0.381 e. The fourth-order valence-electron chi connectivity index (χ4n) is 1.33. The molecule has 100 valence electrons. The summed E-state index contributed by atoms with van der Waals surface area (Å²) in [5.41, 5.74) is 4.48. The maximum absolute atomic E-state index is 13.4. The molecule has 0 atom stereocenters. The van der Waals surface area contributed by atoms with E-state index in [0.717, 1.165) is 0 Å². The van der Waals surface area contributed by atoms with Crippen molar-refractivity contribution in [2.45, 2.75) is 13.8 Å². The van der Waals surface area contributed by atoms with Crippen molar-refractivity contribution >= 4 is 17.5 Å². The number of carbonyl (C=O) groups is 1. The summed E-state index contributed by atoms with van der Waals surface area (Å²) in [7, 11) is 1.51. The summed E-state index contributed by atoms with van der Waals surface area (Å²) in [5, 5.41) is 5.14. The Balaban J connectivity index is 2.81. The Bertz CT molecular complexity index is 463. The Hall–Kier alpha value is -1.92. The SMILES string of the molecule is CNC(=O)C(C)(C)CNc1nc(N)c(F)cc1F. The molecule has 0 fully saturated rings. The predicted molar refractivity (Wildman–Crippen MR) is 64.9 cm³/mol. The quantitative estimate of drug-likeness (QED) is 0.756. The van der Waals surface area contributed by atoms with Crippen molar-refractivity contribution < 1.29 is 13.6 Å². The Morgan fingerprint density at radius 2 is 2.06 bits per heavy atom. The van der Waals surface area contributed by atoms with Gasteiger partial charge in [-0.05, 0) is 13.8 Å². The number of carbonyl (C=O) groups excluding carboxylic acids is 1. The van der Waals surface area contributed by atoms with Crippen LogP contribution in [0.2, 0.25) is 0 Å². The molecule has 0 aliphatic heterocycles.